The number of aliphatic carboxylic acids is 1. The second-order valence-corrected chi connectivity index (χ2v) is 3.34. The SMILES string of the molecule is O=C(O)[C@H]1CC2(CC2)CO1. The highest BCUT2D eigenvalue weighted by Crippen LogP contribution is 2.53. The van der Waals surface area contributed by atoms with E-state index >= 15 is 0 Å². The molecular weight excluding hydrogens is 132 g/mol. The fourth-order valence-corrected chi connectivity index (χ4v) is 1.47. The molecule has 2 aliphatic rings. The lowest BCUT2D eigenvalue weighted by atomic mass is 10.0. The molecule has 1 saturated carbocycles. The molecule has 1 aliphatic heterocycles. The van der Waals surface area contributed by atoms with E-state index in [2.05, 4.69) is 0 Å². The maximum absolute atomic E-state index is 10.4. The van der Waals surface area contributed by atoms with Crippen LogP contribution in [0.3, 0.4) is 0 Å². The van der Waals surface area contributed by atoms with Crippen molar-refractivity contribution in [1.29, 1.82) is 0 Å². The fraction of sp³-hybridized carbons (Fsp3) is 0.857. The minimum atomic E-state index is -0.802. The van der Waals surface area contributed by atoms with Crippen LogP contribution in [-0.4, -0.2) is 23.8 Å². The Kier molecular flexibility index (Phi) is 1.06. The molecule has 2 rings (SSSR count). The summed E-state index contributed by atoms with van der Waals surface area (Å²) in [5, 5.41) is 8.55. The van der Waals surface area contributed by atoms with Gasteiger partial charge in [0, 0.05) is 0 Å². The molecule has 0 amide bonds. The van der Waals surface area contributed by atoms with Crippen molar-refractivity contribution < 1.29 is 14.6 Å². The lowest BCUT2D eigenvalue weighted by molar-refractivity contribution is -0.147. The number of carbonyl (C=O) groups is 1. The molecule has 2 fully saturated rings. The van der Waals surface area contributed by atoms with Gasteiger partial charge in [0.2, 0.25) is 0 Å². The molecule has 0 radical (unpaired) electrons. The summed E-state index contributed by atoms with van der Waals surface area (Å²) in [7, 11) is 0. The van der Waals surface area contributed by atoms with E-state index in [1.54, 1.807) is 0 Å². The molecule has 56 valence electrons. The Morgan fingerprint density at radius 3 is 2.60 bits per heavy atom. The topological polar surface area (TPSA) is 46.5 Å². The van der Waals surface area contributed by atoms with Crippen LogP contribution in [0.4, 0.5) is 0 Å². The Bertz CT molecular complexity index is 172. The van der Waals surface area contributed by atoms with Crippen LogP contribution in [0.1, 0.15) is 19.3 Å². The minimum Gasteiger partial charge on any atom is -0.479 e. The van der Waals surface area contributed by atoms with E-state index in [1.165, 1.54) is 0 Å². The standard InChI is InChI=1S/C7H10O3/c8-6(9)5-3-7(1-2-7)4-10-5/h5H,1-4H2,(H,8,9)/t5-/m1/s1. The van der Waals surface area contributed by atoms with Crippen LogP contribution in [0.2, 0.25) is 0 Å². The molecule has 0 unspecified atom stereocenters. The maximum atomic E-state index is 10.4. The van der Waals surface area contributed by atoms with E-state index in [0.717, 1.165) is 19.3 Å². The number of carboxylic acids is 1. The highest BCUT2D eigenvalue weighted by molar-refractivity contribution is 5.72. The molecule has 3 heteroatoms. The zero-order valence-electron chi connectivity index (χ0n) is 5.67. The molecule has 0 aromatic carbocycles. The van der Waals surface area contributed by atoms with Gasteiger partial charge >= 0.3 is 5.97 Å². The highest BCUT2D eigenvalue weighted by atomic mass is 16.5. The average molecular weight is 142 g/mol. The summed E-state index contributed by atoms with van der Waals surface area (Å²) in [6, 6.07) is 0. The molecule has 1 spiro atoms. The van der Waals surface area contributed by atoms with Crippen molar-refractivity contribution in [3.8, 4) is 0 Å². The third-order valence-electron chi connectivity index (χ3n) is 2.44. The van der Waals surface area contributed by atoms with Gasteiger partial charge in [0.25, 0.3) is 0 Å². The van der Waals surface area contributed by atoms with E-state index in [9.17, 15) is 4.79 Å². The molecule has 10 heavy (non-hydrogen) atoms. The summed E-state index contributed by atoms with van der Waals surface area (Å²) >= 11 is 0. The van der Waals surface area contributed by atoms with Crippen molar-refractivity contribution in [1.82, 2.24) is 0 Å². The summed E-state index contributed by atoms with van der Waals surface area (Å²) in [4.78, 5) is 10.4. The molecule has 1 N–H and O–H groups in total. The number of hydrogen-bond acceptors (Lipinski definition) is 2. The van der Waals surface area contributed by atoms with Crippen molar-refractivity contribution in [3.05, 3.63) is 0 Å². The third-order valence-corrected chi connectivity index (χ3v) is 2.44. The minimum absolute atomic E-state index is 0.295. The monoisotopic (exact) mass is 142 g/mol. The van der Waals surface area contributed by atoms with Crippen molar-refractivity contribution >= 4 is 5.97 Å². The van der Waals surface area contributed by atoms with E-state index < -0.39 is 12.1 Å². The van der Waals surface area contributed by atoms with Crippen LogP contribution in [-0.2, 0) is 9.53 Å². The van der Waals surface area contributed by atoms with Gasteiger partial charge in [-0.1, -0.05) is 0 Å². The molecule has 0 aromatic rings. The largest absolute Gasteiger partial charge is 0.479 e. The summed E-state index contributed by atoms with van der Waals surface area (Å²) in [5.74, 6) is -0.802. The number of hydrogen-bond donors (Lipinski definition) is 1. The highest BCUT2D eigenvalue weighted by Gasteiger charge is 2.51. The second-order valence-electron chi connectivity index (χ2n) is 3.34. The van der Waals surface area contributed by atoms with Crippen LogP contribution < -0.4 is 0 Å². The van der Waals surface area contributed by atoms with Crippen LogP contribution in [0.15, 0.2) is 0 Å². The zero-order valence-corrected chi connectivity index (χ0v) is 5.67. The molecular formula is C7H10O3. The first kappa shape index (κ1) is 6.16. The molecule has 0 bridgehead atoms. The molecule has 1 heterocycles. The van der Waals surface area contributed by atoms with Gasteiger partial charge < -0.3 is 9.84 Å². The van der Waals surface area contributed by atoms with Gasteiger partial charge in [0.05, 0.1) is 6.61 Å². The van der Waals surface area contributed by atoms with Crippen LogP contribution in [0.25, 0.3) is 0 Å². The average Bonchev–Trinajstić information content (AvgIpc) is 2.41. The quantitative estimate of drug-likeness (QED) is 0.584. The number of ether oxygens (including phenoxy) is 1. The third kappa shape index (κ3) is 0.814. The smallest absolute Gasteiger partial charge is 0.332 e. The van der Waals surface area contributed by atoms with Gasteiger partial charge in [-0.15, -0.1) is 0 Å². The van der Waals surface area contributed by atoms with Gasteiger partial charge in [-0.3, -0.25) is 0 Å². The molecule has 1 aliphatic carbocycles. The first-order valence-corrected chi connectivity index (χ1v) is 3.56. The summed E-state index contributed by atoms with van der Waals surface area (Å²) < 4.78 is 5.09. The second kappa shape index (κ2) is 1.72. The lowest BCUT2D eigenvalue weighted by Gasteiger charge is -2.00. The summed E-state index contributed by atoms with van der Waals surface area (Å²) in [5.41, 5.74) is 0.295. The zero-order chi connectivity index (χ0) is 7.19. The molecule has 1 atom stereocenters. The van der Waals surface area contributed by atoms with E-state index in [-0.39, 0.29) is 0 Å². The Balaban J connectivity index is 1.99. The van der Waals surface area contributed by atoms with Crippen LogP contribution >= 0.6 is 0 Å². The Labute approximate surface area is 59.0 Å². The normalized spacial score (nSPS) is 34.6. The van der Waals surface area contributed by atoms with E-state index in [1.807, 2.05) is 0 Å². The van der Waals surface area contributed by atoms with Crippen LogP contribution in [0.5, 0.6) is 0 Å². The molecule has 0 aromatic heterocycles. The Hall–Kier alpha value is -0.570. The summed E-state index contributed by atoms with van der Waals surface area (Å²) in [6.07, 6.45) is 2.55. The summed E-state index contributed by atoms with van der Waals surface area (Å²) in [6.45, 7) is 0.671. The maximum Gasteiger partial charge on any atom is 0.332 e. The first-order chi connectivity index (χ1) is 4.72. The van der Waals surface area contributed by atoms with Gasteiger partial charge in [-0.05, 0) is 24.7 Å². The number of rotatable bonds is 1. The van der Waals surface area contributed by atoms with Crippen molar-refractivity contribution in [3.63, 3.8) is 0 Å². The number of carboxylic acid groups (broad SMARTS) is 1. The van der Waals surface area contributed by atoms with Crippen LogP contribution in [0, 0.1) is 5.41 Å². The molecule has 3 nitrogen and oxygen atoms in total. The predicted octanol–water partition coefficient (Wildman–Crippen LogP) is 0.640. The van der Waals surface area contributed by atoms with Crippen molar-refractivity contribution in [2.24, 2.45) is 5.41 Å². The Morgan fingerprint density at radius 1 is 1.60 bits per heavy atom. The van der Waals surface area contributed by atoms with E-state index in [0.29, 0.717) is 12.0 Å². The predicted molar refractivity (Wildman–Crippen MR) is 33.7 cm³/mol. The lowest BCUT2D eigenvalue weighted by Crippen LogP contribution is -2.18. The van der Waals surface area contributed by atoms with Gasteiger partial charge in [-0.2, -0.15) is 0 Å². The Morgan fingerprint density at radius 2 is 2.30 bits per heavy atom. The molecule has 1 saturated heterocycles. The fourth-order valence-electron chi connectivity index (χ4n) is 1.47. The van der Waals surface area contributed by atoms with Gasteiger partial charge in [-0.25, -0.2) is 4.79 Å². The van der Waals surface area contributed by atoms with Crippen molar-refractivity contribution in [2.75, 3.05) is 6.61 Å². The van der Waals surface area contributed by atoms with E-state index in [4.69, 9.17) is 9.84 Å². The van der Waals surface area contributed by atoms with Gasteiger partial charge in [0.15, 0.2) is 6.10 Å². The van der Waals surface area contributed by atoms with Crippen molar-refractivity contribution in [2.45, 2.75) is 25.4 Å². The first-order valence-electron chi connectivity index (χ1n) is 3.56. The van der Waals surface area contributed by atoms with Gasteiger partial charge in [0.1, 0.15) is 0 Å².